The predicted molar refractivity (Wildman–Crippen MR) is 70.6 cm³/mol. The first-order valence-corrected chi connectivity index (χ1v) is 6.85. The Bertz CT molecular complexity index is 306. The van der Waals surface area contributed by atoms with Gasteiger partial charge >= 0.3 is 6.01 Å². The van der Waals surface area contributed by atoms with E-state index in [1.54, 1.807) is 0 Å². The number of aromatic nitrogens is 2. The van der Waals surface area contributed by atoms with Crippen molar-refractivity contribution in [1.29, 1.82) is 0 Å². The molecular formula is C12H22ClN3O. The molecule has 4 nitrogen and oxygen atoms in total. The smallest absolute Gasteiger partial charge is 0.318 e. The maximum absolute atomic E-state index is 5.92. The molecule has 0 aliphatic carbocycles. The average Bonchev–Trinajstić information content (AvgIpc) is 2.79. The number of rotatable bonds is 8. The van der Waals surface area contributed by atoms with Gasteiger partial charge in [-0.25, -0.2) is 0 Å². The van der Waals surface area contributed by atoms with E-state index >= 15 is 0 Å². The lowest BCUT2D eigenvalue weighted by Crippen LogP contribution is -2.25. The molecule has 0 fully saturated rings. The van der Waals surface area contributed by atoms with E-state index in [9.17, 15) is 0 Å². The second kappa shape index (κ2) is 7.54. The van der Waals surface area contributed by atoms with E-state index in [0.29, 0.717) is 11.9 Å². The Hall–Kier alpha value is -0.770. The van der Waals surface area contributed by atoms with Crippen molar-refractivity contribution >= 4 is 17.6 Å². The molecule has 1 aromatic heterocycles. The van der Waals surface area contributed by atoms with Crippen LogP contribution in [0.2, 0.25) is 0 Å². The van der Waals surface area contributed by atoms with Gasteiger partial charge < -0.3 is 9.32 Å². The molecule has 0 spiro atoms. The number of unbranched alkanes of at least 4 members (excludes halogenated alkanes) is 2. The lowest BCUT2D eigenvalue weighted by atomic mass is 10.3. The highest BCUT2D eigenvalue weighted by Gasteiger charge is 2.16. The molecule has 1 heterocycles. The lowest BCUT2D eigenvalue weighted by molar-refractivity contribution is 0.477. The van der Waals surface area contributed by atoms with Gasteiger partial charge in [0.25, 0.3) is 0 Å². The molecule has 0 saturated heterocycles. The van der Waals surface area contributed by atoms with E-state index < -0.39 is 0 Å². The van der Waals surface area contributed by atoms with Crippen LogP contribution in [-0.4, -0.2) is 23.3 Å². The molecule has 98 valence electrons. The van der Waals surface area contributed by atoms with Gasteiger partial charge in [-0.2, -0.15) is 0 Å². The van der Waals surface area contributed by atoms with Crippen LogP contribution in [-0.2, 0) is 0 Å². The van der Waals surface area contributed by atoms with E-state index in [0.717, 1.165) is 38.8 Å². The van der Waals surface area contributed by atoms with Crippen LogP contribution in [0.4, 0.5) is 6.01 Å². The minimum absolute atomic E-state index is 0.226. The SMILES string of the molecule is CCCCN(CCCC)c1nnc(C(C)Cl)o1. The van der Waals surface area contributed by atoms with Crippen LogP contribution < -0.4 is 4.90 Å². The van der Waals surface area contributed by atoms with Gasteiger partial charge in [0, 0.05) is 13.1 Å². The molecule has 0 aliphatic heterocycles. The van der Waals surface area contributed by atoms with Crippen LogP contribution in [0, 0.1) is 0 Å². The van der Waals surface area contributed by atoms with Crippen molar-refractivity contribution < 1.29 is 4.42 Å². The third-order valence-electron chi connectivity index (χ3n) is 2.60. The minimum Gasteiger partial charge on any atom is -0.406 e. The molecular weight excluding hydrogens is 238 g/mol. The molecule has 5 heteroatoms. The third kappa shape index (κ3) is 4.54. The maximum atomic E-state index is 5.92. The van der Waals surface area contributed by atoms with Crippen LogP contribution in [0.5, 0.6) is 0 Å². The van der Waals surface area contributed by atoms with Crippen molar-refractivity contribution in [1.82, 2.24) is 10.2 Å². The Balaban J connectivity index is 2.65. The van der Waals surface area contributed by atoms with Crippen molar-refractivity contribution in [3.05, 3.63) is 5.89 Å². The van der Waals surface area contributed by atoms with E-state index in [4.69, 9.17) is 16.0 Å². The number of hydrogen-bond acceptors (Lipinski definition) is 4. The number of alkyl halides is 1. The summed E-state index contributed by atoms with van der Waals surface area (Å²) in [5.41, 5.74) is 0. The van der Waals surface area contributed by atoms with Crippen LogP contribution in [0.3, 0.4) is 0 Å². The Morgan fingerprint density at radius 2 is 1.76 bits per heavy atom. The van der Waals surface area contributed by atoms with Crippen molar-refractivity contribution in [2.75, 3.05) is 18.0 Å². The molecule has 1 atom stereocenters. The fraction of sp³-hybridized carbons (Fsp3) is 0.833. The summed E-state index contributed by atoms with van der Waals surface area (Å²) in [4.78, 5) is 2.16. The second-order valence-electron chi connectivity index (χ2n) is 4.23. The summed E-state index contributed by atoms with van der Waals surface area (Å²) in [6, 6.07) is 0.606. The fourth-order valence-electron chi connectivity index (χ4n) is 1.52. The van der Waals surface area contributed by atoms with Gasteiger partial charge in [-0.3, -0.25) is 0 Å². The summed E-state index contributed by atoms with van der Waals surface area (Å²) in [5, 5.41) is 7.80. The van der Waals surface area contributed by atoms with Gasteiger partial charge in [0.15, 0.2) is 0 Å². The molecule has 0 saturated carbocycles. The highest BCUT2D eigenvalue weighted by Crippen LogP contribution is 2.22. The average molecular weight is 260 g/mol. The summed E-state index contributed by atoms with van der Waals surface area (Å²) in [6.07, 6.45) is 4.60. The molecule has 0 bridgehead atoms. The van der Waals surface area contributed by atoms with E-state index in [1.165, 1.54) is 0 Å². The number of anilines is 1. The highest BCUT2D eigenvalue weighted by atomic mass is 35.5. The molecule has 0 amide bonds. The van der Waals surface area contributed by atoms with Crippen LogP contribution >= 0.6 is 11.6 Å². The summed E-state index contributed by atoms with van der Waals surface area (Å²) < 4.78 is 5.57. The van der Waals surface area contributed by atoms with Gasteiger partial charge in [-0.15, -0.1) is 16.7 Å². The quantitative estimate of drug-likeness (QED) is 0.667. The Labute approximate surface area is 108 Å². The maximum Gasteiger partial charge on any atom is 0.318 e. The van der Waals surface area contributed by atoms with Gasteiger partial charge in [0.2, 0.25) is 5.89 Å². The molecule has 0 aromatic carbocycles. The minimum atomic E-state index is -0.226. The summed E-state index contributed by atoms with van der Waals surface area (Å²) in [7, 11) is 0. The molecule has 1 rings (SSSR count). The first-order chi connectivity index (χ1) is 8.19. The standard InChI is InChI=1S/C12H22ClN3O/c1-4-6-8-16(9-7-5-2)12-15-14-11(17-12)10(3)13/h10H,4-9H2,1-3H3. The van der Waals surface area contributed by atoms with Crippen LogP contribution in [0.25, 0.3) is 0 Å². The summed E-state index contributed by atoms with van der Waals surface area (Å²) >= 11 is 5.92. The van der Waals surface area contributed by atoms with E-state index in [2.05, 4.69) is 28.9 Å². The first-order valence-electron chi connectivity index (χ1n) is 6.41. The summed E-state index contributed by atoms with van der Waals surface area (Å²) in [5.74, 6) is 0.500. The Kier molecular flexibility index (Phi) is 6.34. The van der Waals surface area contributed by atoms with Gasteiger partial charge in [-0.05, 0) is 19.8 Å². The monoisotopic (exact) mass is 259 g/mol. The zero-order valence-electron chi connectivity index (χ0n) is 10.9. The largest absolute Gasteiger partial charge is 0.406 e. The second-order valence-corrected chi connectivity index (χ2v) is 4.89. The zero-order chi connectivity index (χ0) is 12.7. The Morgan fingerprint density at radius 3 is 2.18 bits per heavy atom. The van der Waals surface area contributed by atoms with Crippen molar-refractivity contribution in [3.8, 4) is 0 Å². The normalized spacial score (nSPS) is 12.7. The molecule has 1 aromatic rings. The van der Waals surface area contributed by atoms with Crippen LogP contribution in [0.1, 0.15) is 57.7 Å². The zero-order valence-corrected chi connectivity index (χ0v) is 11.7. The van der Waals surface area contributed by atoms with Crippen molar-refractivity contribution in [2.45, 2.75) is 51.8 Å². The van der Waals surface area contributed by atoms with E-state index in [1.807, 2.05) is 6.92 Å². The van der Waals surface area contributed by atoms with Gasteiger partial charge in [0.1, 0.15) is 5.38 Å². The molecule has 1 unspecified atom stereocenters. The number of hydrogen-bond donors (Lipinski definition) is 0. The number of nitrogens with zero attached hydrogens (tertiary/aromatic N) is 3. The van der Waals surface area contributed by atoms with Crippen molar-refractivity contribution in [2.24, 2.45) is 0 Å². The predicted octanol–water partition coefficient (Wildman–Crippen LogP) is 3.78. The fourth-order valence-corrected chi connectivity index (χ4v) is 1.60. The molecule has 17 heavy (non-hydrogen) atoms. The Morgan fingerprint density at radius 1 is 1.18 bits per heavy atom. The first kappa shape index (κ1) is 14.3. The van der Waals surface area contributed by atoms with Crippen LogP contribution in [0.15, 0.2) is 4.42 Å². The lowest BCUT2D eigenvalue weighted by Gasteiger charge is -2.19. The highest BCUT2D eigenvalue weighted by molar-refractivity contribution is 6.20. The van der Waals surface area contributed by atoms with Gasteiger partial charge in [0.05, 0.1) is 0 Å². The third-order valence-corrected chi connectivity index (χ3v) is 2.79. The van der Waals surface area contributed by atoms with E-state index in [-0.39, 0.29) is 5.38 Å². The topological polar surface area (TPSA) is 42.2 Å². The number of halogens is 1. The molecule has 0 N–H and O–H groups in total. The molecule has 0 aliphatic rings. The van der Waals surface area contributed by atoms with Crippen molar-refractivity contribution in [3.63, 3.8) is 0 Å². The summed E-state index contributed by atoms with van der Waals surface area (Å²) in [6.45, 7) is 8.13. The van der Waals surface area contributed by atoms with Gasteiger partial charge in [-0.1, -0.05) is 31.8 Å². The molecule has 0 radical (unpaired) electrons.